The second kappa shape index (κ2) is 3.78. The van der Waals surface area contributed by atoms with Crippen LogP contribution in [0.3, 0.4) is 0 Å². The molecular weight excluding hydrogens is 176 g/mol. The third-order valence-electron chi connectivity index (χ3n) is 1.78. The molecule has 66 valence electrons. The smallest absolute Gasteiger partial charge is 0.121 e. The standard InChI is InChI=1S/C9H11ClO2/c1-6(12-2)8-5-7(10)3-4-9(8)11/h3-6,11H,1-2H3. The second-order valence-electron chi connectivity index (χ2n) is 2.58. The van der Waals surface area contributed by atoms with Gasteiger partial charge in [-0.1, -0.05) is 11.6 Å². The number of halogens is 1. The molecule has 1 atom stereocenters. The van der Waals surface area contributed by atoms with Crippen LogP contribution >= 0.6 is 11.6 Å². The Kier molecular flexibility index (Phi) is 2.95. The van der Waals surface area contributed by atoms with Gasteiger partial charge < -0.3 is 9.84 Å². The maximum absolute atomic E-state index is 9.40. The van der Waals surface area contributed by atoms with Gasteiger partial charge in [0.15, 0.2) is 0 Å². The third-order valence-corrected chi connectivity index (χ3v) is 2.02. The van der Waals surface area contributed by atoms with Crippen LogP contribution in [0.25, 0.3) is 0 Å². The van der Waals surface area contributed by atoms with Gasteiger partial charge in [-0.05, 0) is 25.1 Å². The fourth-order valence-corrected chi connectivity index (χ4v) is 1.16. The molecule has 0 radical (unpaired) electrons. The third kappa shape index (κ3) is 1.90. The molecule has 1 aromatic carbocycles. The van der Waals surface area contributed by atoms with Gasteiger partial charge in [-0.25, -0.2) is 0 Å². The molecule has 12 heavy (non-hydrogen) atoms. The number of hydrogen-bond donors (Lipinski definition) is 1. The average molecular weight is 187 g/mol. The first-order valence-corrected chi connectivity index (χ1v) is 4.04. The van der Waals surface area contributed by atoms with E-state index in [1.807, 2.05) is 6.92 Å². The Bertz CT molecular complexity index is 273. The predicted octanol–water partition coefficient (Wildman–Crippen LogP) is 2.75. The van der Waals surface area contributed by atoms with Crippen molar-refractivity contribution in [1.82, 2.24) is 0 Å². The van der Waals surface area contributed by atoms with E-state index in [1.165, 1.54) is 0 Å². The number of benzene rings is 1. The summed E-state index contributed by atoms with van der Waals surface area (Å²) in [5, 5.41) is 10.0. The maximum Gasteiger partial charge on any atom is 0.121 e. The van der Waals surface area contributed by atoms with Crippen LogP contribution < -0.4 is 0 Å². The van der Waals surface area contributed by atoms with Crippen molar-refractivity contribution in [3.05, 3.63) is 28.8 Å². The average Bonchev–Trinajstić information content (AvgIpc) is 2.08. The minimum atomic E-state index is -0.135. The minimum Gasteiger partial charge on any atom is -0.508 e. The lowest BCUT2D eigenvalue weighted by atomic mass is 10.1. The highest BCUT2D eigenvalue weighted by Crippen LogP contribution is 2.28. The first kappa shape index (κ1) is 9.36. The Balaban J connectivity index is 3.04. The van der Waals surface area contributed by atoms with Crippen LogP contribution in [0.4, 0.5) is 0 Å². The summed E-state index contributed by atoms with van der Waals surface area (Å²) in [6.45, 7) is 1.85. The lowest BCUT2D eigenvalue weighted by Crippen LogP contribution is -1.95. The monoisotopic (exact) mass is 186 g/mol. The zero-order chi connectivity index (χ0) is 9.14. The highest BCUT2D eigenvalue weighted by atomic mass is 35.5. The molecule has 3 heteroatoms. The molecule has 0 bridgehead atoms. The number of methoxy groups -OCH3 is 1. The predicted molar refractivity (Wildman–Crippen MR) is 48.5 cm³/mol. The number of hydrogen-bond acceptors (Lipinski definition) is 2. The summed E-state index contributed by atoms with van der Waals surface area (Å²) in [5.41, 5.74) is 0.713. The second-order valence-corrected chi connectivity index (χ2v) is 3.02. The van der Waals surface area contributed by atoms with E-state index in [0.717, 1.165) is 0 Å². The Hall–Kier alpha value is -0.730. The van der Waals surface area contributed by atoms with E-state index in [1.54, 1.807) is 25.3 Å². The molecule has 0 amide bonds. The molecule has 1 unspecified atom stereocenters. The van der Waals surface area contributed by atoms with E-state index >= 15 is 0 Å². The number of rotatable bonds is 2. The van der Waals surface area contributed by atoms with Crippen LogP contribution in [0.1, 0.15) is 18.6 Å². The normalized spacial score (nSPS) is 12.9. The van der Waals surface area contributed by atoms with Crippen molar-refractivity contribution < 1.29 is 9.84 Å². The highest BCUT2D eigenvalue weighted by Gasteiger charge is 2.09. The van der Waals surface area contributed by atoms with Crippen molar-refractivity contribution in [2.24, 2.45) is 0 Å². The van der Waals surface area contributed by atoms with E-state index in [0.29, 0.717) is 10.6 Å². The summed E-state index contributed by atoms with van der Waals surface area (Å²) in [6.07, 6.45) is -0.135. The molecule has 1 aromatic rings. The van der Waals surface area contributed by atoms with Crippen LogP contribution in [-0.4, -0.2) is 12.2 Å². The molecule has 1 N–H and O–H groups in total. The molecule has 0 aliphatic heterocycles. The van der Waals surface area contributed by atoms with Crippen molar-refractivity contribution in [3.63, 3.8) is 0 Å². The molecule has 0 aliphatic rings. The van der Waals surface area contributed by atoms with Gasteiger partial charge in [0.1, 0.15) is 5.75 Å². The Morgan fingerprint density at radius 1 is 1.50 bits per heavy atom. The van der Waals surface area contributed by atoms with Crippen LogP contribution in [0.2, 0.25) is 5.02 Å². The summed E-state index contributed by atoms with van der Waals surface area (Å²) in [6, 6.07) is 4.90. The molecule has 2 nitrogen and oxygen atoms in total. The Labute approximate surface area is 76.7 Å². The lowest BCUT2D eigenvalue weighted by Gasteiger charge is -2.11. The lowest BCUT2D eigenvalue weighted by molar-refractivity contribution is 0.117. The largest absolute Gasteiger partial charge is 0.508 e. The van der Waals surface area contributed by atoms with Gasteiger partial charge in [0, 0.05) is 17.7 Å². The van der Waals surface area contributed by atoms with Crippen LogP contribution in [-0.2, 0) is 4.74 Å². The SMILES string of the molecule is COC(C)c1cc(Cl)ccc1O. The van der Waals surface area contributed by atoms with Crippen LogP contribution in [0.5, 0.6) is 5.75 Å². The molecule has 0 heterocycles. The van der Waals surface area contributed by atoms with Gasteiger partial charge in [-0.15, -0.1) is 0 Å². The maximum atomic E-state index is 9.40. The van der Waals surface area contributed by atoms with Crippen molar-refractivity contribution >= 4 is 11.6 Å². The fourth-order valence-electron chi connectivity index (χ4n) is 0.978. The van der Waals surface area contributed by atoms with Crippen molar-refractivity contribution in [3.8, 4) is 5.75 Å². The van der Waals surface area contributed by atoms with Gasteiger partial charge in [-0.2, -0.15) is 0 Å². The van der Waals surface area contributed by atoms with Gasteiger partial charge in [0.2, 0.25) is 0 Å². The van der Waals surface area contributed by atoms with Gasteiger partial charge in [0.25, 0.3) is 0 Å². The molecule has 0 saturated carbocycles. The first-order chi connectivity index (χ1) is 5.65. The molecule has 0 aromatic heterocycles. The Morgan fingerprint density at radius 2 is 2.17 bits per heavy atom. The van der Waals surface area contributed by atoms with E-state index in [2.05, 4.69) is 0 Å². The number of phenolic OH excluding ortho intramolecular Hbond substituents is 1. The molecular formula is C9H11ClO2. The summed E-state index contributed by atoms with van der Waals surface area (Å²) in [4.78, 5) is 0. The van der Waals surface area contributed by atoms with Gasteiger partial charge >= 0.3 is 0 Å². The van der Waals surface area contributed by atoms with Gasteiger partial charge in [0.05, 0.1) is 6.10 Å². The van der Waals surface area contributed by atoms with E-state index in [-0.39, 0.29) is 11.9 Å². The van der Waals surface area contributed by atoms with E-state index in [4.69, 9.17) is 16.3 Å². The summed E-state index contributed by atoms with van der Waals surface area (Å²) in [5.74, 6) is 0.216. The first-order valence-electron chi connectivity index (χ1n) is 3.66. The Morgan fingerprint density at radius 3 is 2.75 bits per heavy atom. The fraction of sp³-hybridized carbons (Fsp3) is 0.333. The van der Waals surface area contributed by atoms with Crippen LogP contribution in [0.15, 0.2) is 18.2 Å². The zero-order valence-electron chi connectivity index (χ0n) is 7.04. The van der Waals surface area contributed by atoms with Crippen molar-refractivity contribution in [2.45, 2.75) is 13.0 Å². The van der Waals surface area contributed by atoms with Crippen LogP contribution in [0, 0.1) is 0 Å². The topological polar surface area (TPSA) is 29.5 Å². The molecule has 0 aliphatic carbocycles. The summed E-state index contributed by atoms with van der Waals surface area (Å²) >= 11 is 5.75. The quantitative estimate of drug-likeness (QED) is 0.770. The molecule has 0 saturated heterocycles. The number of phenols is 1. The number of aromatic hydroxyl groups is 1. The highest BCUT2D eigenvalue weighted by molar-refractivity contribution is 6.30. The molecule has 0 fully saturated rings. The van der Waals surface area contributed by atoms with Crippen molar-refractivity contribution in [2.75, 3.05) is 7.11 Å². The zero-order valence-corrected chi connectivity index (χ0v) is 7.80. The minimum absolute atomic E-state index is 0.135. The van der Waals surface area contributed by atoms with Gasteiger partial charge in [-0.3, -0.25) is 0 Å². The molecule has 1 rings (SSSR count). The van der Waals surface area contributed by atoms with Crippen molar-refractivity contribution in [1.29, 1.82) is 0 Å². The summed E-state index contributed by atoms with van der Waals surface area (Å²) in [7, 11) is 1.59. The summed E-state index contributed by atoms with van der Waals surface area (Å²) < 4.78 is 5.05. The number of ether oxygens (including phenoxy) is 1. The van der Waals surface area contributed by atoms with E-state index < -0.39 is 0 Å². The van der Waals surface area contributed by atoms with E-state index in [9.17, 15) is 5.11 Å². The molecule has 0 spiro atoms.